The molecule has 0 rings (SSSR count). The van der Waals surface area contributed by atoms with Crippen LogP contribution in [0.2, 0.25) is 0 Å². The zero-order chi connectivity index (χ0) is 19.8. The number of carbonyl (C=O) groups is 1. The molecule has 0 radical (unpaired) electrons. The van der Waals surface area contributed by atoms with E-state index in [-0.39, 0.29) is 5.78 Å². The Balaban J connectivity index is 3.02. The van der Waals surface area contributed by atoms with E-state index < -0.39 is 0 Å². The Kier molecular flexibility index (Phi) is 22.9. The lowest BCUT2D eigenvalue weighted by Crippen LogP contribution is -1.84. The average Bonchev–Trinajstić information content (AvgIpc) is 2.65. The molecular formula is C26H50O. The first kappa shape index (κ1) is 26.4. The number of allylic oxidation sites excluding steroid dienone is 2. The second kappa shape index (κ2) is 23.4. The summed E-state index contributed by atoms with van der Waals surface area (Å²) in [6, 6.07) is 0. The predicted molar refractivity (Wildman–Crippen MR) is 122 cm³/mol. The molecule has 0 heterocycles. The fourth-order valence-electron chi connectivity index (χ4n) is 3.77. The van der Waals surface area contributed by atoms with Gasteiger partial charge in [-0.05, 0) is 25.8 Å². The quantitative estimate of drug-likeness (QED) is 0.135. The number of unbranched alkanes of at least 4 members (excludes halogenated alkanes) is 20. The van der Waals surface area contributed by atoms with E-state index in [0.717, 1.165) is 6.42 Å². The van der Waals surface area contributed by atoms with E-state index in [1.807, 2.05) is 6.08 Å². The Labute approximate surface area is 171 Å². The maximum atomic E-state index is 10.8. The number of hydrogen-bond acceptors (Lipinski definition) is 1. The lowest BCUT2D eigenvalue weighted by molar-refractivity contribution is -0.112. The van der Waals surface area contributed by atoms with E-state index in [1.165, 1.54) is 128 Å². The topological polar surface area (TPSA) is 17.1 Å². The molecule has 0 unspecified atom stereocenters. The van der Waals surface area contributed by atoms with Gasteiger partial charge in [0.05, 0.1) is 0 Å². The van der Waals surface area contributed by atoms with Gasteiger partial charge >= 0.3 is 0 Å². The van der Waals surface area contributed by atoms with Gasteiger partial charge in [0.15, 0.2) is 5.78 Å². The largest absolute Gasteiger partial charge is 0.295 e. The van der Waals surface area contributed by atoms with Crippen molar-refractivity contribution in [1.29, 1.82) is 0 Å². The first-order chi connectivity index (χ1) is 13.3. The fraction of sp³-hybridized carbons (Fsp3) is 0.885. The van der Waals surface area contributed by atoms with Gasteiger partial charge in [-0.3, -0.25) is 4.79 Å². The molecular weight excluding hydrogens is 328 g/mol. The van der Waals surface area contributed by atoms with Crippen LogP contribution < -0.4 is 0 Å². The molecule has 0 amide bonds. The molecule has 0 saturated heterocycles. The van der Waals surface area contributed by atoms with Gasteiger partial charge < -0.3 is 0 Å². The van der Waals surface area contributed by atoms with Gasteiger partial charge in [0.2, 0.25) is 0 Å². The number of rotatable bonds is 22. The number of carbonyl (C=O) groups excluding carboxylic acids is 1. The highest BCUT2D eigenvalue weighted by Gasteiger charge is 1.95. The van der Waals surface area contributed by atoms with Crippen LogP contribution in [0, 0.1) is 0 Å². The van der Waals surface area contributed by atoms with Crippen LogP contribution in [0.4, 0.5) is 0 Å². The molecule has 0 aliphatic rings. The molecule has 0 aromatic rings. The lowest BCUT2D eigenvalue weighted by Gasteiger charge is -2.04. The van der Waals surface area contributed by atoms with Crippen molar-refractivity contribution in [2.24, 2.45) is 0 Å². The average molecular weight is 379 g/mol. The molecule has 0 fully saturated rings. The summed E-state index contributed by atoms with van der Waals surface area (Å²) in [6.07, 6.45) is 33.3. The Morgan fingerprint density at radius 2 is 0.815 bits per heavy atom. The van der Waals surface area contributed by atoms with Gasteiger partial charge in [0.25, 0.3) is 0 Å². The Morgan fingerprint density at radius 1 is 0.519 bits per heavy atom. The summed E-state index contributed by atoms with van der Waals surface area (Å²) in [6.45, 7) is 3.91. The van der Waals surface area contributed by atoms with Gasteiger partial charge in [-0.15, -0.1) is 0 Å². The molecule has 160 valence electrons. The first-order valence-electron chi connectivity index (χ1n) is 12.4. The van der Waals surface area contributed by atoms with Gasteiger partial charge in [-0.25, -0.2) is 0 Å². The third-order valence-electron chi connectivity index (χ3n) is 5.58. The molecule has 27 heavy (non-hydrogen) atoms. The minimum atomic E-state index is 0.170. The van der Waals surface area contributed by atoms with Crippen molar-refractivity contribution >= 4 is 5.78 Å². The SMILES string of the molecule is CCCCCCCCCCCCCCCCCCCCCCC=CC(C)=O. The van der Waals surface area contributed by atoms with Crippen molar-refractivity contribution in [1.82, 2.24) is 0 Å². The molecule has 0 aromatic carbocycles. The standard InChI is InChI=1S/C26H50O/c1-3-4-5-6-7-8-9-10-11-12-13-14-15-16-17-18-19-20-21-22-23-24-25-26(2)27/h24-25H,3-23H2,1-2H3. The summed E-state index contributed by atoms with van der Waals surface area (Å²) in [5, 5.41) is 0. The normalized spacial score (nSPS) is 11.5. The first-order valence-corrected chi connectivity index (χ1v) is 12.4. The van der Waals surface area contributed by atoms with Crippen LogP contribution in [-0.4, -0.2) is 5.78 Å². The number of hydrogen-bond donors (Lipinski definition) is 0. The highest BCUT2D eigenvalue weighted by molar-refractivity contribution is 5.87. The van der Waals surface area contributed by atoms with E-state index in [9.17, 15) is 4.79 Å². The molecule has 0 aliphatic heterocycles. The maximum Gasteiger partial charge on any atom is 0.152 e. The Bertz CT molecular complexity index is 318. The van der Waals surface area contributed by atoms with Crippen LogP contribution in [0.1, 0.15) is 149 Å². The molecule has 0 aromatic heterocycles. The van der Waals surface area contributed by atoms with Crippen molar-refractivity contribution in [3.8, 4) is 0 Å². The van der Waals surface area contributed by atoms with E-state index in [0.29, 0.717) is 0 Å². The lowest BCUT2D eigenvalue weighted by atomic mass is 10.0. The highest BCUT2D eigenvalue weighted by atomic mass is 16.1. The van der Waals surface area contributed by atoms with Crippen molar-refractivity contribution in [3.63, 3.8) is 0 Å². The van der Waals surface area contributed by atoms with Crippen molar-refractivity contribution in [2.75, 3.05) is 0 Å². The van der Waals surface area contributed by atoms with Crippen LogP contribution in [0.3, 0.4) is 0 Å². The molecule has 0 N–H and O–H groups in total. The third kappa shape index (κ3) is 25.4. The van der Waals surface area contributed by atoms with Crippen LogP contribution in [-0.2, 0) is 4.79 Å². The van der Waals surface area contributed by atoms with E-state index >= 15 is 0 Å². The van der Waals surface area contributed by atoms with Gasteiger partial charge in [0, 0.05) is 0 Å². The second-order valence-corrected chi connectivity index (χ2v) is 8.52. The summed E-state index contributed by atoms with van der Waals surface area (Å²) < 4.78 is 0. The Morgan fingerprint density at radius 3 is 1.11 bits per heavy atom. The van der Waals surface area contributed by atoms with Gasteiger partial charge in [-0.2, -0.15) is 0 Å². The van der Waals surface area contributed by atoms with Crippen molar-refractivity contribution in [3.05, 3.63) is 12.2 Å². The molecule has 0 atom stereocenters. The molecule has 0 bridgehead atoms. The zero-order valence-corrected chi connectivity index (χ0v) is 18.9. The van der Waals surface area contributed by atoms with E-state index in [1.54, 1.807) is 13.0 Å². The third-order valence-corrected chi connectivity index (χ3v) is 5.58. The van der Waals surface area contributed by atoms with Crippen LogP contribution in [0.5, 0.6) is 0 Å². The molecule has 0 spiro atoms. The predicted octanol–water partition coefficient (Wildman–Crippen LogP) is 9.34. The van der Waals surface area contributed by atoms with Crippen molar-refractivity contribution < 1.29 is 4.79 Å². The minimum Gasteiger partial charge on any atom is -0.295 e. The van der Waals surface area contributed by atoms with E-state index in [4.69, 9.17) is 0 Å². The smallest absolute Gasteiger partial charge is 0.152 e. The second-order valence-electron chi connectivity index (χ2n) is 8.52. The van der Waals surface area contributed by atoms with Crippen LogP contribution >= 0.6 is 0 Å². The Hall–Kier alpha value is -0.590. The molecule has 0 aliphatic carbocycles. The molecule has 0 saturated carbocycles. The maximum absolute atomic E-state index is 10.8. The monoisotopic (exact) mass is 378 g/mol. The zero-order valence-electron chi connectivity index (χ0n) is 18.9. The number of ketones is 1. The summed E-state index contributed by atoms with van der Waals surface area (Å²) in [7, 11) is 0. The van der Waals surface area contributed by atoms with Gasteiger partial charge in [0.1, 0.15) is 0 Å². The highest BCUT2D eigenvalue weighted by Crippen LogP contribution is 2.15. The summed E-state index contributed by atoms with van der Waals surface area (Å²) in [5.74, 6) is 0.170. The summed E-state index contributed by atoms with van der Waals surface area (Å²) in [5.41, 5.74) is 0. The minimum absolute atomic E-state index is 0.170. The van der Waals surface area contributed by atoms with Crippen molar-refractivity contribution in [2.45, 2.75) is 149 Å². The van der Waals surface area contributed by atoms with E-state index in [2.05, 4.69) is 6.92 Å². The van der Waals surface area contributed by atoms with Crippen LogP contribution in [0.25, 0.3) is 0 Å². The summed E-state index contributed by atoms with van der Waals surface area (Å²) >= 11 is 0. The fourth-order valence-corrected chi connectivity index (χ4v) is 3.77. The van der Waals surface area contributed by atoms with Crippen LogP contribution in [0.15, 0.2) is 12.2 Å². The van der Waals surface area contributed by atoms with Gasteiger partial charge in [-0.1, -0.05) is 135 Å². The summed E-state index contributed by atoms with van der Waals surface area (Å²) in [4.78, 5) is 10.8. The molecule has 1 heteroatoms. The molecule has 1 nitrogen and oxygen atoms in total.